The Labute approximate surface area is 189 Å². The summed E-state index contributed by atoms with van der Waals surface area (Å²) in [6, 6.07) is 12.7. The minimum absolute atomic E-state index is 0.0413. The number of H-pyrrole nitrogens is 1. The van der Waals surface area contributed by atoms with Crippen LogP contribution in [0.25, 0.3) is 10.8 Å². The fraction of sp³-hybridized carbons (Fsp3) is 0.136. The Morgan fingerprint density at radius 1 is 1.19 bits per heavy atom. The molecule has 10 heteroatoms. The van der Waals surface area contributed by atoms with E-state index in [-0.39, 0.29) is 24.2 Å². The van der Waals surface area contributed by atoms with Crippen molar-refractivity contribution in [3.8, 4) is 0 Å². The van der Waals surface area contributed by atoms with E-state index in [2.05, 4.69) is 20.3 Å². The molecule has 2 N–H and O–H groups in total. The molecular formula is C22H18ClN5O3S. The summed E-state index contributed by atoms with van der Waals surface area (Å²) in [6.45, 7) is 0.0789. The first kappa shape index (κ1) is 20.6. The lowest BCUT2D eigenvalue weighted by Crippen LogP contribution is -2.42. The van der Waals surface area contributed by atoms with Gasteiger partial charge in [0.1, 0.15) is 0 Å². The number of imidazole rings is 1. The topological polar surface area (TPSA) is 108 Å². The average molecular weight is 468 g/mol. The van der Waals surface area contributed by atoms with Gasteiger partial charge in [-0.2, -0.15) is 4.31 Å². The van der Waals surface area contributed by atoms with Crippen LogP contribution in [0.3, 0.4) is 0 Å². The second kappa shape index (κ2) is 8.01. The summed E-state index contributed by atoms with van der Waals surface area (Å²) < 4.78 is 27.4. The lowest BCUT2D eigenvalue weighted by Gasteiger charge is -2.32. The molecule has 0 bridgehead atoms. The maximum Gasteiger partial charge on any atom is 0.277 e. The Kier molecular flexibility index (Phi) is 5.16. The van der Waals surface area contributed by atoms with Crippen molar-refractivity contribution in [2.24, 2.45) is 0 Å². The first-order valence-corrected chi connectivity index (χ1v) is 11.7. The Morgan fingerprint density at radius 3 is 2.84 bits per heavy atom. The van der Waals surface area contributed by atoms with Crippen molar-refractivity contribution in [2.45, 2.75) is 17.6 Å². The van der Waals surface area contributed by atoms with E-state index in [0.717, 1.165) is 10.8 Å². The molecule has 0 spiro atoms. The molecule has 0 unspecified atom stereocenters. The summed E-state index contributed by atoms with van der Waals surface area (Å²) in [5, 5.41) is 4.99. The number of halogens is 1. The zero-order chi connectivity index (χ0) is 22.3. The van der Waals surface area contributed by atoms with E-state index in [0.29, 0.717) is 21.8 Å². The molecule has 0 fully saturated rings. The Morgan fingerprint density at radius 2 is 2.03 bits per heavy atom. The Hall–Kier alpha value is -3.27. The van der Waals surface area contributed by atoms with Crippen molar-refractivity contribution in [1.29, 1.82) is 0 Å². The number of nitrogens with one attached hydrogen (secondary N) is 2. The van der Waals surface area contributed by atoms with Gasteiger partial charge in [-0.1, -0.05) is 41.9 Å². The minimum Gasteiger partial charge on any atom is -0.334 e. The quantitative estimate of drug-likeness (QED) is 0.477. The molecule has 1 aliphatic rings. The first-order valence-electron chi connectivity index (χ1n) is 9.85. The van der Waals surface area contributed by atoms with Gasteiger partial charge in [-0.25, -0.2) is 13.4 Å². The number of carbonyl (C=O) groups is 1. The van der Waals surface area contributed by atoms with E-state index in [9.17, 15) is 13.2 Å². The zero-order valence-corrected chi connectivity index (χ0v) is 18.3. The third kappa shape index (κ3) is 3.64. The number of amides is 1. The van der Waals surface area contributed by atoms with Crippen molar-refractivity contribution >= 4 is 44.0 Å². The van der Waals surface area contributed by atoms with Crippen LogP contribution in [-0.4, -0.2) is 40.1 Å². The summed E-state index contributed by atoms with van der Waals surface area (Å²) in [5.41, 5.74) is 1.98. The summed E-state index contributed by atoms with van der Waals surface area (Å²) in [4.78, 5) is 24.2. The normalized spacial score (nSPS) is 16.6. The van der Waals surface area contributed by atoms with Crippen LogP contribution >= 0.6 is 11.6 Å². The molecule has 3 heterocycles. The molecule has 162 valence electrons. The van der Waals surface area contributed by atoms with Crippen LogP contribution in [0, 0.1) is 0 Å². The first-order chi connectivity index (χ1) is 15.4. The molecule has 4 aromatic rings. The molecule has 1 amide bonds. The van der Waals surface area contributed by atoms with Crippen molar-refractivity contribution < 1.29 is 13.2 Å². The van der Waals surface area contributed by atoms with Gasteiger partial charge in [0.2, 0.25) is 11.1 Å². The average Bonchev–Trinajstić information content (AvgIpc) is 3.34. The molecular weight excluding hydrogens is 450 g/mol. The monoisotopic (exact) mass is 467 g/mol. The largest absolute Gasteiger partial charge is 0.334 e. The summed E-state index contributed by atoms with van der Waals surface area (Å²) in [6.07, 6.45) is 6.13. The van der Waals surface area contributed by atoms with Crippen molar-refractivity contribution in [3.63, 3.8) is 0 Å². The van der Waals surface area contributed by atoms with Gasteiger partial charge in [0.15, 0.2) is 0 Å². The summed E-state index contributed by atoms with van der Waals surface area (Å²) in [5.74, 6) is -1.10. The number of carbonyl (C=O) groups excluding carboxylic acids is 1. The van der Waals surface area contributed by atoms with Crippen molar-refractivity contribution in [1.82, 2.24) is 19.3 Å². The van der Waals surface area contributed by atoms with Gasteiger partial charge in [-0.15, -0.1) is 0 Å². The second-order valence-electron chi connectivity index (χ2n) is 7.49. The van der Waals surface area contributed by atoms with Crippen LogP contribution in [0.5, 0.6) is 0 Å². The summed E-state index contributed by atoms with van der Waals surface area (Å²) in [7, 11) is -3.90. The molecule has 1 atom stereocenters. The minimum atomic E-state index is -3.90. The van der Waals surface area contributed by atoms with Crippen molar-refractivity contribution in [2.75, 3.05) is 11.9 Å². The molecule has 1 aliphatic heterocycles. The standard InChI is InChI=1S/C22H18ClN5O3S/c23-16-6-5-15-12-28(32(30,31)22-25-7-8-26-22)13-19(18(15)9-16)21(29)27-20-11-24-10-14-3-1-2-4-17(14)20/h1-11,19H,12-13H2,(H,25,26)(H,27,29)/t19-/m1/s1. The molecule has 5 rings (SSSR count). The van der Waals surface area contributed by atoms with Gasteiger partial charge in [0.05, 0.1) is 17.8 Å². The fourth-order valence-corrected chi connectivity index (χ4v) is 5.44. The predicted octanol–water partition coefficient (Wildman–Crippen LogP) is 3.54. The number of hydrogen-bond donors (Lipinski definition) is 2. The number of aromatic amines is 1. The van der Waals surface area contributed by atoms with E-state index < -0.39 is 15.9 Å². The number of nitrogens with zero attached hydrogens (tertiary/aromatic N) is 3. The van der Waals surface area contributed by atoms with E-state index >= 15 is 0 Å². The van der Waals surface area contributed by atoms with Gasteiger partial charge in [-0.05, 0) is 23.3 Å². The van der Waals surface area contributed by atoms with Crippen LogP contribution in [-0.2, 0) is 21.4 Å². The third-order valence-electron chi connectivity index (χ3n) is 5.52. The lowest BCUT2D eigenvalue weighted by molar-refractivity contribution is -0.118. The number of rotatable bonds is 4. The number of benzene rings is 2. The van der Waals surface area contributed by atoms with Crippen molar-refractivity contribution in [3.05, 3.63) is 83.4 Å². The van der Waals surface area contributed by atoms with E-state index in [4.69, 9.17) is 11.6 Å². The van der Waals surface area contributed by atoms with Gasteiger partial charge < -0.3 is 10.3 Å². The lowest BCUT2D eigenvalue weighted by atomic mass is 9.90. The van der Waals surface area contributed by atoms with Gasteiger partial charge in [0.25, 0.3) is 10.0 Å². The van der Waals surface area contributed by atoms with Crippen LogP contribution in [0.2, 0.25) is 5.02 Å². The predicted molar refractivity (Wildman–Crippen MR) is 121 cm³/mol. The highest BCUT2D eigenvalue weighted by atomic mass is 35.5. The Bertz CT molecular complexity index is 1420. The molecule has 32 heavy (non-hydrogen) atoms. The molecule has 2 aromatic heterocycles. The van der Waals surface area contributed by atoms with Crippen LogP contribution < -0.4 is 5.32 Å². The number of hydrogen-bond acceptors (Lipinski definition) is 5. The van der Waals surface area contributed by atoms with Gasteiger partial charge >= 0.3 is 0 Å². The highest BCUT2D eigenvalue weighted by molar-refractivity contribution is 7.88. The zero-order valence-electron chi connectivity index (χ0n) is 16.7. The molecule has 0 saturated carbocycles. The van der Waals surface area contributed by atoms with E-state index in [1.165, 1.54) is 16.7 Å². The highest BCUT2D eigenvalue weighted by Crippen LogP contribution is 2.34. The third-order valence-corrected chi connectivity index (χ3v) is 7.42. The number of sulfonamides is 1. The highest BCUT2D eigenvalue weighted by Gasteiger charge is 2.38. The molecule has 8 nitrogen and oxygen atoms in total. The molecule has 2 aromatic carbocycles. The van der Waals surface area contributed by atoms with Crippen LogP contribution in [0.1, 0.15) is 17.0 Å². The van der Waals surface area contributed by atoms with Crippen LogP contribution in [0.4, 0.5) is 5.69 Å². The number of fused-ring (bicyclic) bond motifs is 2. The maximum atomic E-state index is 13.4. The molecule has 0 saturated heterocycles. The summed E-state index contributed by atoms with van der Waals surface area (Å²) >= 11 is 6.20. The SMILES string of the molecule is O=C(Nc1cncc2ccccc12)[C@@H]1CN(S(=O)(=O)c2ncc[nH]2)Cc2ccc(Cl)cc21. The smallest absolute Gasteiger partial charge is 0.277 e. The maximum absolute atomic E-state index is 13.4. The van der Waals surface area contributed by atoms with Gasteiger partial charge in [0, 0.05) is 47.5 Å². The fourth-order valence-electron chi connectivity index (χ4n) is 3.95. The Balaban J connectivity index is 1.52. The number of aromatic nitrogens is 3. The molecule has 0 radical (unpaired) electrons. The van der Waals surface area contributed by atoms with E-state index in [1.54, 1.807) is 30.6 Å². The van der Waals surface area contributed by atoms with Gasteiger partial charge in [-0.3, -0.25) is 9.78 Å². The second-order valence-corrected chi connectivity index (χ2v) is 9.77. The number of pyridine rings is 1. The number of anilines is 1. The van der Waals surface area contributed by atoms with E-state index in [1.807, 2.05) is 24.3 Å². The van der Waals surface area contributed by atoms with Crippen LogP contribution in [0.15, 0.2) is 72.4 Å². The molecule has 0 aliphatic carbocycles.